The van der Waals surface area contributed by atoms with Gasteiger partial charge in [0.2, 0.25) is 0 Å². The molecule has 6 heterocycles. The summed E-state index contributed by atoms with van der Waals surface area (Å²) in [6.07, 6.45) is 44.1. The van der Waals surface area contributed by atoms with Gasteiger partial charge in [-0.05, 0) is 293 Å². The summed E-state index contributed by atoms with van der Waals surface area (Å²) < 4.78 is 21.9. The van der Waals surface area contributed by atoms with E-state index in [0.717, 1.165) is 127 Å². The van der Waals surface area contributed by atoms with Crippen LogP contribution in [0.1, 0.15) is 271 Å². The van der Waals surface area contributed by atoms with Crippen LogP contribution in [-0.2, 0) is 46.7 Å². The minimum absolute atomic E-state index is 0.00737. The van der Waals surface area contributed by atoms with Crippen LogP contribution < -0.4 is 5.32 Å². The molecule has 696 valence electrons. The summed E-state index contributed by atoms with van der Waals surface area (Å²) in [5.41, 5.74) is 9.33. The van der Waals surface area contributed by atoms with E-state index in [1.807, 2.05) is 90.7 Å². The maximum atomic E-state index is 13.9. The highest BCUT2D eigenvalue weighted by atomic mass is 32.2. The number of nitrogens with one attached hydrogen (secondary N) is 1. The largest absolute Gasteiger partial charge is 0.393 e. The van der Waals surface area contributed by atoms with Gasteiger partial charge in [0.25, 0.3) is 5.91 Å². The molecule has 11 fully saturated rings. The molecule has 1 amide bonds. The fraction of sp³-hybridized carbons (Fsp3) is 0.574. The Kier molecular flexibility index (Phi) is 23.6. The van der Waals surface area contributed by atoms with E-state index >= 15 is 0 Å². The number of benzene rings is 3. The molecule has 0 bridgehead atoms. The lowest BCUT2D eigenvalue weighted by molar-refractivity contribution is -0.181. The monoisotopic (exact) mass is 1820 g/mol. The molecule has 15 unspecified atom stereocenters. The van der Waals surface area contributed by atoms with Crippen LogP contribution in [0.3, 0.4) is 0 Å². The first kappa shape index (κ1) is 89.9. The lowest BCUT2D eigenvalue weighted by Crippen LogP contribution is -2.63. The molecule has 24 heteroatoms. The fourth-order valence-electron chi connectivity index (χ4n) is 30.8. The number of allylic oxidation sites excluding steroid dienone is 4. The summed E-state index contributed by atoms with van der Waals surface area (Å²) >= 11 is 2.86. The number of Topliss-reactive ketones (excluding diaryl/α,β-unsaturated/α-hetero) is 2. The zero-order chi connectivity index (χ0) is 91.2. The first-order valence-corrected chi connectivity index (χ1v) is 51.6. The molecule has 0 spiro atoms. The number of aliphatic hydroxyl groups is 6. The van der Waals surface area contributed by atoms with Crippen molar-refractivity contribution in [2.24, 2.45) is 90.7 Å². The Hall–Kier alpha value is -8.59. The van der Waals surface area contributed by atoms with Crippen molar-refractivity contribution in [1.29, 1.82) is 0 Å². The number of ketones is 2. The van der Waals surface area contributed by atoms with Crippen molar-refractivity contribution in [3.63, 3.8) is 0 Å². The molecule has 23 rings (SSSR count). The number of hydrogen-bond donors (Lipinski definition) is 7. The van der Waals surface area contributed by atoms with Crippen LogP contribution in [0.2, 0.25) is 0 Å². The van der Waals surface area contributed by atoms with E-state index < -0.39 is 57.3 Å². The number of carbonyl (C=O) groups excluding carboxylic acids is 3. The number of rotatable bonds is 16. The number of aliphatic hydroxyl groups excluding tert-OH is 3. The molecule has 7 N–H and O–H groups in total. The molecular weight excluding hydrogens is 1690 g/mol. The molecule has 132 heavy (non-hydrogen) atoms. The predicted octanol–water partition coefficient (Wildman–Crippen LogP) is 18.3. The van der Waals surface area contributed by atoms with Crippen LogP contribution in [0.4, 0.5) is 4.39 Å². The van der Waals surface area contributed by atoms with Crippen molar-refractivity contribution in [1.82, 2.24) is 54.6 Å². The van der Waals surface area contributed by atoms with Gasteiger partial charge in [-0.3, -0.25) is 23.7 Å². The second kappa shape index (κ2) is 34.6. The molecular formula is C108H131FN12O9S2. The number of thioether (sulfide) groups is 2. The number of halogens is 1. The Morgan fingerprint density at radius 3 is 1.48 bits per heavy atom. The average molecular weight is 1820 g/mol. The zero-order valence-corrected chi connectivity index (χ0v) is 79.1. The first-order chi connectivity index (χ1) is 63.5. The Morgan fingerprint density at radius 2 is 0.977 bits per heavy atom. The molecule has 11 saturated carbocycles. The highest BCUT2D eigenvalue weighted by Crippen LogP contribution is 2.72. The number of hydrogen-bond acceptors (Lipinski definition) is 18. The van der Waals surface area contributed by atoms with Crippen molar-refractivity contribution in [2.45, 2.75) is 293 Å². The van der Waals surface area contributed by atoms with Crippen molar-refractivity contribution < 1.29 is 49.4 Å². The maximum Gasteiger partial charge on any atom is 0.252 e. The first-order valence-electron chi connectivity index (χ1n) is 49.6. The normalized spacial score (nSPS) is 36.2. The third kappa shape index (κ3) is 14.9. The van der Waals surface area contributed by atoms with Gasteiger partial charge in [-0.25, -0.2) is 23.7 Å². The van der Waals surface area contributed by atoms with E-state index in [-0.39, 0.29) is 93.1 Å². The molecule has 8 aromatic rings. The van der Waals surface area contributed by atoms with Crippen molar-refractivity contribution in [3.05, 3.63) is 213 Å². The topological polar surface area (TPSA) is 294 Å². The van der Waals surface area contributed by atoms with Gasteiger partial charge >= 0.3 is 0 Å². The standard InChI is InChI=1S/C38H47N3O3S.C37H41FN6O3.C33H43N3O3S/c1-36-20-25-22-39-41(27-11-7-4-8-12-27)31(25)19-26(36)13-14-28-29-17-18-38(44,37(29,2)21-32(42)35(28)36)33(43)23-45-34-16-15-30(40-34)24-9-5-3-6-10-24;1-35-17-24-19-40-44(28-11-9-26(38)10-12-28)31(24)16-25(35)8-13-29-30-14-15-37(47,36(30,2)18-32(45)33(29)35)34(46)39-20-27-22-43(42-41-27)21-23-6-4-3-5-7-23;1-31-17-21-19-35-36(23-8-4-3-5-9-23)26(21)16-22(31)11-12-24-25-13-14-33(39,32(25,2)18-27(37)30(24)31)28(38)20-40-29-10-6-7-15-34-29/h3,5-6,9-10,15,19,22,27-29,32,35,42,44H,4,7-8,11-14,16-18,20-21,23H2,1-2H3;3-7,9-12,16,19,22,29-30,32-33,45,47H,8,13-15,17-18,20-21H2,1-2H3,(H,39,46);6-7,10,15-16,19,23-25,27,30,37,39H,3-5,8-9,11-14,17-18,20H2,1-2H3/t28?,29?,32-,35?,36?,37?,38-;29?,30?,32-,33?,35?,36?,37-;24?,25?,27-,30?,31?,32?,33-/m000/s1. The van der Waals surface area contributed by atoms with Gasteiger partial charge in [0.05, 0.1) is 118 Å². The highest BCUT2D eigenvalue weighted by molar-refractivity contribution is 8.14. The summed E-state index contributed by atoms with van der Waals surface area (Å²) in [5.74, 6) is 1.16. The van der Waals surface area contributed by atoms with Crippen LogP contribution in [0.25, 0.3) is 29.6 Å². The number of nitrogens with zero attached hydrogens (tertiary/aromatic N) is 11. The van der Waals surface area contributed by atoms with E-state index in [0.29, 0.717) is 74.7 Å². The van der Waals surface area contributed by atoms with E-state index in [1.54, 1.807) is 23.0 Å². The van der Waals surface area contributed by atoms with Gasteiger partial charge in [-0.2, -0.15) is 15.3 Å². The maximum absolute atomic E-state index is 13.9. The van der Waals surface area contributed by atoms with Gasteiger partial charge in [-0.1, -0.05) is 187 Å². The van der Waals surface area contributed by atoms with Crippen molar-refractivity contribution >= 4 is 70.0 Å². The van der Waals surface area contributed by atoms with Crippen LogP contribution in [0, 0.1) is 91.6 Å². The molecule has 0 saturated heterocycles. The lowest BCUT2D eigenvalue weighted by atomic mass is 9.45. The highest BCUT2D eigenvalue weighted by Gasteiger charge is 2.72. The number of fused-ring (bicyclic) bond motifs is 18. The quantitative estimate of drug-likeness (QED) is 0.0442. The number of aliphatic imine (C=N–C) groups is 1. The Labute approximate surface area is 783 Å². The Bertz CT molecular complexity index is 5880. The van der Waals surface area contributed by atoms with Gasteiger partial charge in [0, 0.05) is 28.9 Å². The summed E-state index contributed by atoms with van der Waals surface area (Å²) in [6.45, 7) is 14.0. The molecule has 1 aliphatic heterocycles. The summed E-state index contributed by atoms with van der Waals surface area (Å²) in [5, 5.41) is 100.0. The predicted molar refractivity (Wildman–Crippen MR) is 511 cm³/mol. The van der Waals surface area contributed by atoms with Crippen LogP contribution in [-0.4, -0.2) is 149 Å². The third-order valence-corrected chi connectivity index (χ3v) is 39.3. The summed E-state index contributed by atoms with van der Waals surface area (Å²) in [4.78, 5) is 50.5. The molecule has 3 aromatic carbocycles. The number of carbonyl (C=O) groups is 3. The Balaban J connectivity index is 0.000000120. The fourth-order valence-corrected chi connectivity index (χ4v) is 32.5. The van der Waals surface area contributed by atoms with Crippen molar-refractivity contribution in [2.75, 3.05) is 11.5 Å². The molecule has 15 aliphatic rings. The SMILES string of the molecule is CC12Cc3cnn(-c4ccc(F)cc4)c3C=C1CCC1C2[C@@H](O)CC2(C)C1CC[C@]2(O)C(=O)NCc1cn(Cc2ccccc2)nn1.CC12Cc3cnn(C4CCCCC4)c3C=C1CCC1C2[C@@H](O)CC2(C)C1CC[C@]2(O)C(=O)CSC1=NC(c2ccccc2)=CC1.CC12Cc3cnn(C4CCCCC4)c3C=C1CCC1C2[C@@H](O)CC2(C)C1CC[C@]2(O)C(=O)CSc1ccccn1. The third-order valence-electron chi connectivity index (χ3n) is 37.3. The van der Waals surface area contributed by atoms with E-state index in [1.165, 1.54) is 139 Å². The molecule has 14 aliphatic carbocycles. The van der Waals surface area contributed by atoms with E-state index in [4.69, 9.17) is 15.2 Å². The number of pyridine rings is 1. The summed E-state index contributed by atoms with van der Waals surface area (Å²) in [6, 6.07) is 33.2. The van der Waals surface area contributed by atoms with Gasteiger partial charge in [0.1, 0.15) is 28.3 Å². The van der Waals surface area contributed by atoms with Gasteiger partial charge in [-0.15, -0.1) is 16.9 Å². The van der Waals surface area contributed by atoms with Crippen molar-refractivity contribution in [3.8, 4) is 5.69 Å². The molecule has 0 radical (unpaired) electrons. The minimum Gasteiger partial charge on any atom is -0.393 e. The Morgan fingerprint density at radius 1 is 0.515 bits per heavy atom. The zero-order valence-electron chi connectivity index (χ0n) is 77.5. The van der Waals surface area contributed by atoms with E-state index in [2.05, 4.69) is 119 Å². The average Bonchev–Trinajstić information content (AvgIpc) is 1.49. The lowest BCUT2D eigenvalue weighted by Gasteiger charge is -2.60. The van der Waals surface area contributed by atoms with Crippen LogP contribution in [0.5, 0.6) is 0 Å². The van der Waals surface area contributed by atoms with Gasteiger partial charge < -0.3 is 36.0 Å². The number of amides is 1. The molecule has 21 atom stereocenters. The number of aromatic nitrogens is 10. The smallest absolute Gasteiger partial charge is 0.252 e. The second-order valence-electron chi connectivity index (χ2n) is 43.9. The molecule has 21 nitrogen and oxygen atoms in total. The van der Waals surface area contributed by atoms with Crippen LogP contribution in [0.15, 0.2) is 167 Å². The van der Waals surface area contributed by atoms with Crippen LogP contribution >= 0.6 is 23.5 Å². The summed E-state index contributed by atoms with van der Waals surface area (Å²) in [7, 11) is 0. The second-order valence-corrected chi connectivity index (χ2v) is 46.0. The molecule has 5 aromatic heterocycles. The van der Waals surface area contributed by atoms with E-state index in [9.17, 15) is 49.4 Å². The minimum atomic E-state index is -1.59. The van der Waals surface area contributed by atoms with Gasteiger partial charge in [0.15, 0.2) is 11.6 Å².